The number of unbranched alkanes of at least 4 members (excludes halogenated alkanes) is 3. The molecule has 1 heterocycles. The summed E-state index contributed by atoms with van der Waals surface area (Å²) < 4.78 is 17.3. The second-order valence-corrected chi connectivity index (χ2v) is 13.7. The molecule has 0 bridgehead atoms. The number of aromatic hydroxyl groups is 1. The summed E-state index contributed by atoms with van der Waals surface area (Å²) in [5, 5.41) is 13.8. The Bertz CT molecular complexity index is 1010. The number of nitrogens with one attached hydrogen (secondary N) is 1. The van der Waals surface area contributed by atoms with Crippen molar-refractivity contribution in [2.45, 2.75) is 129 Å². The fourth-order valence-electron chi connectivity index (χ4n) is 6.24. The van der Waals surface area contributed by atoms with Gasteiger partial charge >= 0.3 is 12.1 Å². The fraction of sp³-hybridized carbons (Fsp3) is 0.750. The monoisotopic (exact) mass is 545 g/mol. The van der Waals surface area contributed by atoms with Crippen LogP contribution in [0.2, 0.25) is 0 Å². The molecule has 1 saturated carbocycles. The number of benzene rings is 1. The maximum Gasteiger partial charge on any atom is 0.408 e. The highest BCUT2D eigenvalue weighted by atomic mass is 16.6. The number of phenolic OH excluding ortho intramolecular Hbond substituents is 1. The third-order valence-electron chi connectivity index (χ3n) is 8.41. The van der Waals surface area contributed by atoms with E-state index in [1.807, 2.05) is 6.07 Å². The first-order valence-corrected chi connectivity index (χ1v) is 14.8. The molecule has 39 heavy (non-hydrogen) atoms. The largest absolute Gasteiger partial charge is 0.508 e. The summed E-state index contributed by atoms with van der Waals surface area (Å²) in [6, 6.07) is 4.10. The first kappa shape index (κ1) is 31.1. The van der Waals surface area contributed by atoms with E-state index in [1.165, 1.54) is 25.7 Å². The van der Waals surface area contributed by atoms with E-state index < -0.39 is 17.7 Å². The predicted octanol–water partition coefficient (Wildman–Crippen LogP) is 7.38. The maximum absolute atomic E-state index is 12.3. The Morgan fingerprint density at radius 3 is 2.49 bits per heavy atom. The Morgan fingerprint density at radius 2 is 1.82 bits per heavy atom. The van der Waals surface area contributed by atoms with Crippen LogP contribution in [0.15, 0.2) is 12.1 Å². The van der Waals surface area contributed by atoms with E-state index in [0.29, 0.717) is 5.75 Å². The van der Waals surface area contributed by atoms with Crippen LogP contribution >= 0.6 is 0 Å². The van der Waals surface area contributed by atoms with Crippen molar-refractivity contribution in [2.75, 3.05) is 13.2 Å². The number of rotatable bonds is 10. The number of phenols is 1. The van der Waals surface area contributed by atoms with Gasteiger partial charge in [-0.15, -0.1) is 0 Å². The molecule has 1 aliphatic heterocycles. The molecule has 1 fully saturated rings. The van der Waals surface area contributed by atoms with Crippen LogP contribution in [0.5, 0.6) is 11.5 Å². The zero-order chi connectivity index (χ0) is 29.0. The van der Waals surface area contributed by atoms with Crippen molar-refractivity contribution in [1.82, 2.24) is 5.32 Å². The van der Waals surface area contributed by atoms with Gasteiger partial charge < -0.3 is 24.6 Å². The third kappa shape index (κ3) is 8.28. The van der Waals surface area contributed by atoms with Gasteiger partial charge in [0.15, 0.2) is 0 Å². The lowest BCUT2D eigenvalue weighted by atomic mass is 9.63. The topological polar surface area (TPSA) is 94.1 Å². The molecular weight excluding hydrogens is 494 g/mol. The van der Waals surface area contributed by atoms with Gasteiger partial charge in [-0.1, -0.05) is 46.5 Å². The highest BCUT2D eigenvalue weighted by Gasteiger charge is 2.48. The third-order valence-corrected chi connectivity index (χ3v) is 8.41. The zero-order valence-electron chi connectivity index (χ0n) is 25.4. The van der Waals surface area contributed by atoms with Gasteiger partial charge in [0.1, 0.15) is 29.2 Å². The SMILES string of the molecule is CCCCCCC(C)(C)c1cc(O)c2c(c1)OC(C)(C)C1CCC(COC(=O)CNC(=O)OC(C)(C)C)CC21. The molecule has 3 unspecified atom stereocenters. The minimum atomic E-state index is -0.639. The lowest BCUT2D eigenvalue weighted by molar-refractivity contribution is -0.144. The second-order valence-electron chi connectivity index (χ2n) is 13.7. The van der Waals surface area contributed by atoms with Crippen molar-refractivity contribution < 1.29 is 28.9 Å². The van der Waals surface area contributed by atoms with Gasteiger partial charge in [0.25, 0.3) is 0 Å². The van der Waals surface area contributed by atoms with Crippen LogP contribution in [0, 0.1) is 11.8 Å². The predicted molar refractivity (Wildman–Crippen MR) is 153 cm³/mol. The number of fused-ring (bicyclic) bond motifs is 3. The molecule has 7 heteroatoms. The number of esters is 1. The van der Waals surface area contributed by atoms with Gasteiger partial charge in [0, 0.05) is 11.5 Å². The quantitative estimate of drug-likeness (QED) is 0.235. The molecule has 1 aromatic carbocycles. The zero-order valence-corrected chi connectivity index (χ0v) is 25.4. The normalized spacial score (nSPS) is 22.2. The summed E-state index contributed by atoms with van der Waals surface area (Å²) in [4.78, 5) is 24.1. The van der Waals surface area contributed by atoms with Gasteiger partial charge in [-0.3, -0.25) is 4.79 Å². The molecule has 3 atom stereocenters. The highest BCUT2D eigenvalue weighted by molar-refractivity contribution is 5.78. The van der Waals surface area contributed by atoms with Gasteiger partial charge in [0.2, 0.25) is 0 Å². The van der Waals surface area contributed by atoms with E-state index in [0.717, 1.165) is 42.6 Å². The molecule has 1 amide bonds. The number of carbonyl (C=O) groups excluding carboxylic acids is 2. The van der Waals surface area contributed by atoms with Crippen LogP contribution < -0.4 is 10.1 Å². The van der Waals surface area contributed by atoms with Crippen molar-refractivity contribution >= 4 is 12.1 Å². The van der Waals surface area contributed by atoms with E-state index in [-0.39, 0.29) is 41.9 Å². The molecule has 2 N–H and O–H groups in total. The molecule has 220 valence electrons. The first-order chi connectivity index (χ1) is 18.1. The van der Waals surface area contributed by atoms with E-state index in [2.05, 4.69) is 46.0 Å². The Morgan fingerprint density at radius 1 is 1.10 bits per heavy atom. The van der Waals surface area contributed by atoms with E-state index in [1.54, 1.807) is 20.8 Å². The van der Waals surface area contributed by atoms with Crippen LogP contribution in [0.1, 0.15) is 124 Å². The van der Waals surface area contributed by atoms with Crippen molar-refractivity contribution in [3.8, 4) is 11.5 Å². The Hall–Kier alpha value is -2.44. The van der Waals surface area contributed by atoms with Gasteiger partial charge in [0.05, 0.1) is 6.61 Å². The summed E-state index contributed by atoms with van der Waals surface area (Å²) in [5.74, 6) is 1.19. The second kappa shape index (κ2) is 12.4. The summed E-state index contributed by atoms with van der Waals surface area (Å²) in [6.45, 7) is 16.4. The maximum atomic E-state index is 12.3. The van der Waals surface area contributed by atoms with Crippen molar-refractivity contribution in [1.29, 1.82) is 0 Å². The van der Waals surface area contributed by atoms with Crippen LogP contribution in [0.3, 0.4) is 0 Å². The highest BCUT2D eigenvalue weighted by Crippen LogP contribution is 2.56. The van der Waals surface area contributed by atoms with Crippen molar-refractivity contribution in [3.63, 3.8) is 0 Å². The summed E-state index contributed by atoms with van der Waals surface area (Å²) >= 11 is 0. The molecule has 0 spiro atoms. The molecule has 7 nitrogen and oxygen atoms in total. The Balaban J connectivity index is 1.67. The van der Waals surface area contributed by atoms with Crippen LogP contribution in [-0.4, -0.2) is 41.5 Å². The van der Waals surface area contributed by atoms with Gasteiger partial charge in [-0.2, -0.15) is 0 Å². The Kier molecular flexibility index (Phi) is 9.87. The van der Waals surface area contributed by atoms with Crippen LogP contribution in [0.25, 0.3) is 0 Å². The average Bonchev–Trinajstić information content (AvgIpc) is 2.82. The molecule has 3 rings (SSSR count). The molecule has 1 aliphatic carbocycles. The molecule has 0 radical (unpaired) electrons. The summed E-state index contributed by atoms with van der Waals surface area (Å²) in [7, 11) is 0. The molecule has 2 aliphatic rings. The van der Waals surface area contributed by atoms with E-state index in [9.17, 15) is 14.7 Å². The number of alkyl carbamates (subject to hydrolysis) is 1. The van der Waals surface area contributed by atoms with Gasteiger partial charge in [-0.25, -0.2) is 4.79 Å². The number of hydrogen-bond acceptors (Lipinski definition) is 6. The number of amides is 1. The summed E-state index contributed by atoms with van der Waals surface area (Å²) in [6.07, 6.45) is 7.95. The lowest BCUT2D eigenvalue weighted by Gasteiger charge is -2.49. The van der Waals surface area contributed by atoms with Gasteiger partial charge in [-0.05, 0) is 95.2 Å². The molecule has 1 aromatic rings. The molecule has 0 saturated heterocycles. The molecular formula is C32H51NO6. The average molecular weight is 546 g/mol. The first-order valence-electron chi connectivity index (χ1n) is 14.8. The fourth-order valence-corrected chi connectivity index (χ4v) is 6.24. The van der Waals surface area contributed by atoms with Crippen molar-refractivity contribution in [2.24, 2.45) is 11.8 Å². The summed E-state index contributed by atoms with van der Waals surface area (Å²) in [5.41, 5.74) is 0.974. The van der Waals surface area contributed by atoms with Crippen LogP contribution in [-0.2, 0) is 19.7 Å². The van der Waals surface area contributed by atoms with Crippen molar-refractivity contribution in [3.05, 3.63) is 23.3 Å². The smallest absolute Gasteiger partial charge is 0.408 e. The standard InChI is InChI=1S/C32H51NO6/c1-9-10-11-12-15-31(5,6)22-17-25(34)28-23-16-21(13-14-24(23)32(7,8)38-26(28)18-22)20-37-27(35)19-33-29(36)39-30(2,3)4/h17-18,21,23-24,34H,9-16,19-20H2,1-8H3,(H,33,36). The van der Waals surface area contributed by atoms with Crippen LogP contribution in [0.4, 0.5) is 4.79 Å². The molecule has 0 aromatic heterocycles. The number of ether oxygens (including phenoxy) is 3. The minimum absolute atomic E-state index is 0.0543. The number of hydrogen-bond donors (Lipinski definition) is 2. The minimum Gasteiger partial charge on any atom is -0.508 e. The lowest BCUT2D eigenvalue weighted by Crippen LogP contribution is -2.47. The van der Waals surface area contributed by atoms with E-state index in [4.69, 9.17) is 14.2 Å². The van der Waals surface area contributed by atoms with E-state index >= 15 is 0 Å². The number of carbonyl (C=O) groups is 2. The Labute approximate surface area is 235 Å².